The van der Waals surface area contributed by atoms with Gasteiger partial charge in [0.1, 0.15) is 11.3 Å². The molecule has 4 rings (SSSR count). The Morgan fingerprint density at radius 2 is 2.18 bits per heavy atom. The summed E-state index contributed by atoms with van der Waals surface area (Å²) in [6.45, 7) is 4.99. The molecule has 2 fully saturated rings. The van der Waals surface area contributed by atoms with Crippen LogP contribution in [0.4, 0.5) is 0 Å². The van der Waals surface area contributed by atoms with E-state index in [9.17, 15) is 0 Å². The van der Waals surface area contributed by atoms with Crippen LogP contribution in [0.5, 0.6) is 0 Å². The van der Waals surface area contributed by atoms with Gasteiger partial charge in [-0.05, 0) is 50.3 Å². The van der Waals surface area contributed by atoms with Crippen LogP contribution in [0.2, 0.25) is 0 Å². The van der Waals surface area contributed by atoms with Gasteiger partial charge in [0.2, 0.25) is 0 Å². The molecule has 5 heteroatoms. The first-order chi connectivity index (χ1) is 10.9. The lowest BCUT2D eigenvalue weighted by Crippen LogP contribution is -2.31. The summed E-state index contributed by atoms with van der Waals surface area (Å²) < 4.78 is 7.89. The second kappa shape index (κ2) is 6.34. The van der Waals surface area contributed by atoms with Gasteiger partial charge in [0.15, 0.2) is 5.65 Å². The van der Waals surface area contributed by atoms with Crippen LogP contribution in [0.3, 0.4) is 0 Å². The Morgan fingerprint density at radius 1 is 1.27 bits per heavy atom. The van der Waals surface area contributed by atoms with Crippen LogP contribution < -0.4 is 5.32 Å². The average Bonchev–Trinajstić information content (AvgIpc) is 2.95. The molecule has 2 aliphatic heterocycles. The average molecular weight is 300 g/mol. The number of hydrogen-bond donors (Lipinski definition) is 1. The van der Waals surface area contributed by atoms with Crippen molar-refractivity contribution in [2.24, 2.45) is 5.92 Å². The SMILES string of the molecule is c1cnc2c(c1)nc(C1CCCNC1)n2CC1CCOCC1. The van der Waals surface area contributed by atoms with Gasteiger partial charge in [-0.15, -0.1) is 0 Å². The molecule has 1 atom stereocenters. The Bertz CT molecular complexity index is 627. The molecule has 2 saturated heterocycles. The number of pyridine rings is 1. The summed E-state index contributed by atoms with van der Waals surface area (Å²) in [7, 11) is 0. The minimum atomic E-state index is 0.516. The fourth-order valence-corrected chi connectivity index (χ4v) is 3.73. The zero-order valence-corrected chi connectivity index (χ0v) is 13.0. The molecule has 0 aliphatic carbocycles. The Labute approximate surface area is 131 Å². The Hall–Kier alpha value is -1.46. The first-order valence-corrected chi connectivity index (χ1v) is 8.51. The number of ether oxygens (including phenoxy) is 1. The molecule has 2 aromatic heterocycles. The third kappa shape index (κ3) is 2.75. The lowest BCUT2D eigenvalue weighted by molar-refractivity contribution is 0.0611. The van der Waals surface area contributed by atoms with E-state index in [2.05, 4.69) is 20.9 Å². The van der Waals surface area contributed by atoms with E-state index in [4.69, 9.17) is 9.72 Å². The molecule has 22 heavy (non-hydrogen) atoms. The zero-order valence-electron chi connectivity index (χ0n) is 13.0. The lowest BCUT2D eigenvalue weighted by Gasteiger charge is -2.26. The van der Waals surface area contributed by atoms with E-state index in [0.29, 0.717) is 11.8 Å². The highest BCUT2D eigenvalue weighted by molar-refractivity contribution is 5.71. The normalized spacial score (nSPS) is 23.9. The molecule has 0 spiro atoms. The summed E-state index contributed by atoms with van der Waals surface area (Å²) >= 11 is 0. The highest BCUT2D eigenvalue weighted by atomic mass is 16.5. The van der Waals surface area contributed by atoms with Gasteiger partial charge in [0.05, 0.1) is 0 Å². The van der Waals surface area contributed by atoms with Crippen molar-refractivity contribution >= 4 is 11.2 Å². The van der Waals surface area contributed by atoms with E-state index in [-0.39, 0.29) is 0 Å². The minimum Gasteiger partial charge on any atom is -0.381 e. The van der Waals surface area contributed by atoms with E-state index < -0.39 is 0 Å². The summed E-state index contributed by atoms with van der Waals surface area (Å²) in [4.78, 5) is 9.54. The highest BCUT2D eigenvalue weighted by Gasteiger charge is 2.25. The molecular formula is C17H24N4O. The van der Waals surface area contributed by atoms with Crippen LogP contribution in [0.1, 0.15) is 37.4 Å². The van der Waals surface area contributed by atoms with Gasteiger partial charge < -0.3 is 14.6 Å². The summed E-state index contributed by atoms with van der Waals surface area (Å²) in [5.74, 6) is 2.43. The quantitative estimate of drug-likeness (QED) is 0.945. The largest absolute Gasteiger partial charge is 0.381 e. The first kappa shape index (κ1) is 14.2. The number of nitrogens with one attached hydrogen (secondary N) is 1. The second-order valence-corrected chi connectivity index (χ2v) is 6.53. The molecule has 118 valence electrons. The number of aromatic nitrogens is 3. The third-order valence-corrected chi connectivity index (χ3v) is 4.98. The zero-order chi connectivity index (χ0) is 14.8. The predicted octanol–water partition coefficient (Wildman–Crippen LogP) is 2.32. The molecule has 0 aromatic carbocycles. The van der Waals surface area contributed by atoms with Crippen molar-refractivity contribution < 1.29 is 4.74 Å². The van der Waals surface area contributed by atoms with Crippen molar-refractivity contribution in [2.45, 2.75) is 38.1 Å². The van der Waals surface area contributed by atoms with Gasteiger partial charge in [0.25, 0.3) is 0 Å². The van der Waals surface area contributed by atoms with E-state index in [1.807, 2.05) is 12.3 Å². The number of nitrogens with zero attached hydrogens (tertiary/aromatic N) is 3. The number of hydrogen-bond acceptors (Lipinski definition) is 4. The van der Waals surface area contributed by atoms with Crippen LogP contribution in [-0.4, -0.2) is 40.8 Å². The minimum absolute atomic E-state index is 0.516. The van der Waals surface area contributed by atoms with Gasteiger partial charge in [-0.2, -0.15) is 0 Å². The van der Waals surface area contributed by atoms with E-state index in [1.165, 1.54) is 18.7 Å². The molecule has 5 nitrogen and oxygen atoms in total. The molecule has 2 aromatic rings. The van der Waals surface area contributed by atoms with Gasteiger partial charge >= 0.3 is 0 Å². The van der Waals surface area contributed by atoms with E-state index in [0.717, 1.165) is 56.9 Å². The smallest absolute Gasteiger partial charge is 0.160 e. The Morgan fingerprint density at radius 3 is 3.00 bits per heavy atom. The van der Waals surface area contributed by atoms with Crippen molar-refractivity contribution in [3.05, 3.63) is 24.2 Å². The highest BCUT2D eigenvalue weighted by Crippen LogP contribution is 2.28. The summed E-state index contributed by atoms with van der Waals surface area (Å²) in [5.41, 5.74) is 2.09. The fourth-order valence-electron chi connectivity index (χ4n) is 3.73. The van der Waals surface area contributed by atoms with Gasteiger partial charge in [-0.1, -0.05) is 0 Å². The summed E-state index contributed by atoms with van der Waals surface area (Å²) in [6.07, 6.45) is 6.64. The molecular weight excluding hydrogens is 276 g/mol. The van der Waals surface area contributed by atoms with Gasteiger partial charge in [-0.3, -0.25) is 0 Å². The standard InChI is InChI=1S/C17H24N4O/c1-3-14(11-18-7-1)16-20-15-4-2-8-19-17(15)21(16)12-13-5-9-22-10-6-13/h2,4,8,13-14,18H,1,3,5-7,9-12H2. The Kier molecular flexibility index (Phi) is 4.08. The molecule has 0 radical (unpaired) electrons. The van der Waals surface area contributed by atoms with Crippen molar-refractivity contribution in [2.75, 3.05) is 26.3 Å². The van der Waals surface area contributed by atoms with Crippen molar-refractivity contribution in [3.63, 3.8) is 0 Å². The number of rotatable bonds is 3. The number of imidazole rings is 1. The van der Waals surface area contributed by atoms with Crippen molar-refractivity contribution in [1.82, 2.24) is 19.9 Å². The van der Waals surface area contributed by atoms with Gasteiger partial charge in [0, 0.05) is 38.4 Å². The fraction of sp³-hybridized carbons (Fsp3) is 0.647. The molecule has 0 bridgehead atoms. The number of piperidine rings is 1. The van der Waals surface area contributed by atoms with Crippen molar-refractivity contribution in [1.29, 1.82) is 0 Å². The molecule has 1 N–H and O–H groups in total. The summed E-state index contributed by atoms with van der Waals surface area (Å²) in [5, 5.41) is 3.51. The molecule has 4 heterocycles. The molecule has 0 saturated carbocycles. The second-order valence-electron chi connectivity index (χ2n) is 6.53. The Balaban J connectivity index is 1.69. The van der Waals surface area contributed by atoms with Gasteiger partial charge in [-0.25, -0.2) is 9.97 Å². The van der Waals surface area contributed by atoms with E-state index in [1.54, 1.807) is 0 Å². The topological polar surface area (TPSA) is 52.0 Å². The molecule has 2 aliphatic rings. The predicted molar refractivity (Wildman–Crippen MR) is 85.9 cm³/mol. The van der Waals surface area contributed by atoms with Crippen LogP contribution in [0.25, 0.3) is 11.2 Å². The van der Waals surface area contributed by atoms with E-state index >= 15 is 0 Å². The maximum atomic E-state index is 5.50. The van der Waals surface area contributed by atoms with Crippen LogP contribution in [-0.2, 0) is 11.3 Å². The summed E-state index contributed by atoms with van der Waals surface area (Å²) in [6, 6.07) is 4.07. The monoisotopic (exact) mass is 300 g/mol. The van der Waals surface area contributed by atoms with Crippen LogP contribution >= 0.6 is 0 Å². The maximum absolute atomic E-state index is 5.50. The van der Waals surface area contributed by atoms with Crippen LogP contribution in [0, 0.1) is 5.92 Å². The van der Waals surface area contributed by atoms with Crippen molar-refractivity contribution in [3.8, 4) is 0 Å². The molecule has 0 amide bonds. The first-order valence-electron chi connectivity index (χ1n) is 8.51. The third-order valence-electron chi connectivity index (χ3n) is 4.98. The maximum Gasteiger partial charge on any atom is 0.160 e. The van der Waals surface area contributed by atoms with Crippen LogP contribution in [0.15, 0.2) is 18.3 Å². The lowest BCUT2D eigenvalue weighted by atomic mass is 9.97. The number of fused-ring (bicyclic) bond motifs is 1. The molecule has 1 unspecified atom stereocenters.